The first-order valence-electron chi connectivity index (χ1n) is 10.0. The van der Waals surface area contributed by atoms with Gasteiger partial charge in [0.2, 0.25) is 0 Å². The van der Waals surface area contributed by atoms with E-state index in [1.165, 1.54) is 0 Å². The second-order valence-corrected chi connectivity index (χ2v) is 7.50. The first-order valence-corrected chi connectivity index (χ1v) is 10.0. The fourth-order valence-corrected chi connectivity index (χ4v) is 3.85. The lowest BCUT2D eigenvalue weighted by Crippen LogP contribution is -2.31. The van der Waals surface area contributed by atoms with Gasteiger partial charge in [0.15, 0.2) is 0 Å². The van der Waals surface area contributed by atoms with Crippen LogP contribution in [0.1, 0.15) is 28.3 Å². The molecule has 0 aliphatic carbocycles. The molecule has 4 nitrogen and oxygen atoms in total. The Morgan fingerprint density at radius 2 is 1.47 bits per heavy atom. The van der Waals surface area contributed by atoms with Gasteiger partial charge in [0.05, 0.1) is 11.6 Å². The highest BCUT2D eigenvalue weighted by molar-refractivity contribution is 6.46. The van der Waals surface area contributed by atoms with E-state index in [9.17, 15) is 14.7 Å². The highest BCUT2D eigenvalue weighted by Gasteiger charge is 2.45. The molecular weight excluding hydrogens is 374 g/mol. The molecule has 1 aliphatic rings. The zero-order valence-corrected chi connectivity index (χ0v) is 16.8. The zero-order chi connectivity index (χ0) is 21.1. The molecule has 150 valence electrons. The summed E-state index contributed by atoms with van der Waals surface area (Å²) in [6, 6.07) is 25.9. The van der Waals surface area contributed by atoms with Crippen LogP contribution in [0.15, 0.2) is 90.5 Å². The molecule has 1 fully saturated rings. The van der Waals surface area contributed by atoms with Gasteiger partial charge < -0.3 is 10.0 Å². The zero-order valence-electron chi connectivity index (χ0n) is 16.8. The standard InChI is InChI=1S/C26H23NO3/c1-18-12-14-21(15-13-18)24(28)22-23(20-10-6-3-7-11-20)27(26(30)25(22)29)17-16-19-8-4-2-5-9-19/h2-15,23,28H,16-17H2,1H3/b24-22-. The van der Waals surface area contributed by atoms with Gasteiger partial charge >= 0.3 is 0 Å². The molecule has 1 saturated heterocycles. The third-order valence-electron chi connectivity index (χ3n) is 5.46. The van der Waals surface area contributed by atoms with Gasteiger partial charge in [-0.3, -0.25) is 9.59 Å². The van der Waals surface area contributed by atoms with Gasteiger partial charge in [-0.2, -0.15) is 0 Å². The molecule has 4 heteroatoms. The van der Waals surface area contributed by atoms with Crippen LogP contribution < -0.4 is 0 Å². The van der Waals surface area contributed by atoms with Gasteiger partial charge in [-0.05, 0) is 24.5 Å². The quantitative estimate of drug-likeness (QED) is 0.387. The molecule has 0 spiro atoms. The molecule has 3 aromatic carbocycles. The van der Waals surface area contributed by atoms with Crippen molar-refractivity contribution in [2.45, 2.75) is 19.4 Å². The number of benzene rings is 3. The highest BCUT2D eigenvalue weighted by atomic mass is 16.3. The number of carbonyl (C=O) groups excluding carboxylic acids is 2. The van der Waals surface area contributed by atoms with Crippen molar-refractivity contribution in [3.8, 4) is 0 Å². The van der Waals surface area contributed by atoms with Crippen LogP contribution >= 0.6 is 0 Å². The SMILES string of the molecule is Cc1ccc(/C(O)=C2/C(=O)C(=O)N(CCc3ccccc3)C2c2ccccc2)cc1. The van der Waals surface area contributed by atoms with Crippen molar-refractivity contribution in [2.75, 3.05) is 6.54 Å². The number of carbonyl (C=O) groups is 2. The first kappa shape index (κ1) is 19.6. The second-order valence-electron chi connectivity index (χ2n) is 7.50. The minimum absolute atomic E-state index is 0.135. The van der Waals surface area contributed by atoms with Gasteiger partial charge in [0, 0.05) is 12.1 Å². The summed E-state index contributed by atoms with van der Waals surface area (Å²) in [6.07, 6.45) is 0.627. The van der Waals surface area contributed by atoms with Crippen LogP contribution in [0.25, 0.3) is 5.76 Å². The average Bonchev–Trinajstić information content (AvgIpc) is 3.04. The Labute approximate surface area is 176 Å². The minimum atomic E-state index is -0.644. The summed E-state index contributed by atoms with van der Waals surface area (Å²) < 4.78 is 0. The van der Waals surface area contributed by atoms with Gasteiger partial charge in [0.25, 0.3) is 11.7 Å². The Kier molecular flexibility index (Phi) is 5.48. The third-order valence-corrected chi connectivity index (χ3v) is 5.46. The summed E-state index contributed by atoms with van der Waals surface area (Å²) >= 11 is 0. The summed E-state index contributed by atoms with van der Waals surface area (Å²) in [4.78, 5) is 27.5. The van der Waals surface area contributed by atoms with Crippen molar-refractivity contribution >= 4 is 17.4 Å². The van der Waals surface area contributed by atoms with Crippen molar-refractivity contribution in [1.29, 1.82) is 0 Å². The molecule has 0 radical (unpaired) electrons. The normalized spacial score (nSPS) is 18.0. The molecular formula is C26H23NO3. The van der Waals surface area contributed by atoms with Crippen LogP contribution in [-0.4, -0.2) is 28.2 Å². The maximum atomic E-state index is 13.0. The number of aliphatic hydroxyl groups is 1. The number of likely N-dealkylation sites (tertiary alicyclic amines) is 1. The van der Waals surface area contributed by atoms with E-state index in [2.05, 4.69) is 0 Å². The summed E-state index contributed by atoms with van der Waals surface area (Å²) in [5.74, 6) is -1.35. The highest BCUT2D eigenvalue weighted by Crippen LogP contribution is 2.39. The number of hydrogen-bond acceptors (Lipinski definition) is 3. The second kappa shape index (κ2) is 8.37. The van der Waals surface area contributed by atoms with Crippen molar-refractivity contribution in [1.82, 2.24) is 4.90 Å². The molecule has 30 heavy (non-hydrogen) atoms. The summed E-state index contributed by atoms with van der Waals surface area (Å²) in [6.45, 7) is 2.34. The number of nitrogens with zero attached hydrogens (tertiary/aromatic N) is 1. The molecule has 1 N–H and O–H groups in total. The van der Waals surface area contributed by atoms with Crippen molar-refractivity contribution in [3.63, 3.8) is 0 Å². The van der Waals surface area contributed by atoms with Crippen LogP contribution in [-0.2, 0) is 16.0 Å². The minimum Gasteiger partial charge on any atom is -0.507 e. The number of Topliss-reactive ketones (excluding diaryl/α,β-unsaturated/α-hetero) is 1. The van der Waals surface area contributed by atoms with Crippen LogP contribution in [0.3, 0.4) is 0 Å². The topological polar surface area (TPSA) is 57.6 Å². The van der Waals surface area contributed by atoms with E-state index >= 15 is 0 Å². The number of aryl methyl sites for hydroxylation is 1. The Morgan fingerprint density at radius 1 is 0.867 bits per heavy atom. The van der Waals surface area contributed by atoms with E-state index in [0.29, 0.717) is 18.5 Å². The summed E-state index contributed by atoms with van der Waals surface area (Å²) in [7, 11) is 0. The third kappa shape index (κ3) is 3.77. The molecule has 4 rings (SSSR count). The lowest BCUT2D eigenvalue weighted by Gasteiger charge is -2.25. The Hall–Kier alpha value is -3.66. The van der Waals surface area contributed by atoms with Crippen molar-refractivity contribution in [3.05, 3.63) is 113 Å². The van der Waals surface area contributed by atoms with Crippen LogP contribution in [0.4, 0.5) is 0 Å². The molecule has 1 heterocycles. The smallest absolute Gasteiger partial charge is 0.295 e. The van der Waals surface area contributed by atoms with E-state index in [0.717, 1.165) is 16.7 Å². The van der Waals surface area contributed by atoms with Crippen LogP contribution in [0.5, 0.6) is 0 Å². The van der Waals surface area contributed by atoms with Crippen LogP contribution in [0.2, 0.25) is 0 Å². The Balaban J connectivity index is 1.76. The van der Waals surface area contributed by atoms with E-state index in [1.807, 2.05) is 79.7 Å². The number of hydrogen-bond donors (Lipinski definition) is 1. The summed E-state index contributed by atoms with van der Waals surface area (Å²) in [5, 5.41) is 11.0. The van der Waals surface area contributed by atoms with Gasteiger partial charge in [-0.25, -0.2) is 0 Å². The average molecular weight is 397 g/mol. The van der Waals surface area contributed by atoms with E-state index < -0.39 is 17.7 Å². The van der Waals surface area contributed by atoms with E-state index in [4.69, 9.17) is 0 Å². The number of rotatable bonds is 5. The lowest BCUT2D eigenvalue weighted by atomic mass is 9.95. The largest absolute Gasteiger partial charge is 0.507 e. The molecule has 1 atom stereocenters. The predicted molar refractivity (Wildman–Crippen MR) is 117 cm³/mol. The molecule has 1 amide bonds. The molecule has 0 aromatic heterocycles. The number of amides is 1. The Bertz CT molecular complexity index is 1090. The number of ketones is 1. The number of aliphatic hydroxyl groups excluding tert-OH is 1. The van der Waals surface area contributed by atoms with E-state index in [1.54, 1.807) is 17.0 Å². The molecule has 1 aliphatic heterocycles. The predicted octanol–water partition coefficient (Wildman–Crippen LogP) is 4.66. The molecule has 3 aromatic rings. The molecule has 1 unspecified atom stereocenters. The maximum absolute atomic E-state index is 13.0. The monoisotopic (exact) mass is 397 g/mol. The fraction of sp³-hybridized carbons (Fsp3) is 0.154. The molecule has 0 bridgehead atoms. The Morgan fingerprint density at radius 3 is 2.10 bits per heavy atom. The van der Waals surface area contributed by atoms with Gasteiger partial charge in [0.1, 0.15) is 5.76 Å². The van der Waals surface area contributed by atoms with Gasteiger partial charge in [-0.15, -0.1) is 0 Å². The fourth-order valence-electron chi connectivity index (χ4n) is 3.85. The van der Waals surface area contributed by atoms with E-state index in [-0.39, 0.29) is 11.3 Å². The summed E-state index contributed by atoms with van der Waals surface area (Å²) in [5.41, 5.74) is 3.61. The molecule has 0 saturated carbocycles. The lowest BCUT2D eigenvalue weighted by molar-refractivity contribution is -0.139. The first-order chi connectivity index (χ1) is 14.6. The maximum Gasteiger partial charge on any atom is 0.295 e. The van der Waals surface area contributed by atoms with Gasteiger partial charge in [-0.1, -0.05) is 90.5 Å². The van der Waals surface area contributed by atoms with Crippen molar-refractivity contribution < 1.29 is 14.7 Å². The van der Waals surface area contributed by atoms with Crippen LogP contribution in [0, 0.1) is 6.92 Å². The van der Waals surface area contributed by atoms with Crippen molar-refractivity contribution in [2.24, 2.45) is 0 Å².